The number of carbonyl (C=O) groups is 1. The summed E-state index contributed by atoms with van der Waals surface area (Å²) in [6.45, 7) is 1.65. The van der Waals surface area contributed by atoms with E-state index in [0.717, 1.165) is 11.1 Å². The van der Waals surface area contributed by atoms with E-state index in [9.17, 15) is 9.18 Å². The molecule has 0 amide bonds. The number of hydrogen-bond donors (Lipinski definition) is 1. The molecule has 1 unspecified atom stereocenters. The fraction of sp³-hybridized carbons (Fsp3) is 0.188. The SMILES string of the molecule is CC(=O)C(c1cc[c]cc1)c1ccc(F)c(CN)c1. The Balaban J connectivity index is 2.49. The predicted molar refractivity (Wildman–Crippen MR) is 72.1 cm³/mol. The van der Waals surface area contributed by atoms with Gasteiger partial charge in [0, 0.05) is 12.1 Å². The summed E-state index contributed by atoms with van der Waals surface area (Å²) < 4.78 is 13.5. The van der Waals surface area contributed by atoms with Gasteiger partial charge in [0.15, 0.2) is 0 Å². The quantitative estimate of drug-likeness (QED) is 0.914. The fourth-order valence-electron chi connectivity index (χ4n) is 2.18. The van der Waals surface area contributed by atoms with E-state index >= 15 is 0 Å². The van der Waals surface area contributed by atoms with Gasteiger partial charge >= 0.3 is 0 Å². The Morgan fingerprint density at radius 2 is 1.95 bits per heavy atom. The summed E-state index contributed by atoms with van der Waals surface area (Å²) in [5, 5.41) is 0. The molecule has 3 heteroatoms. The van der Waals surface area contributed by atoms with Gasteiger partial charge in [0.1, 0.15) is 11.6 Å². The van der Waals surface area contributed by atoms with Gasteiger partial charge in [-0.3, -0.25) is 4.79 Å². The molecule has 0 spiro atoms. The van der Waals surface area contributed by atoms with E-state index in [1.54, 1.807) is 24.3 Å². The molecule has 2 rings (SSSR count). The number of hydrogen-bond acceptors (Lipinski definition) is 2. The van der Waals surface area contributed by atoms with Crippen LogP contribution in [0, 0.1) is 11.9 Å². The van der Waals surface area contributed by atoms with Crippen LogP contribution in [-0.4, -0.2) is 5.78 Å². The first-order valence-corrected chi connectivity index (χ1v) is 6.08. The molecule has 0 aliphatic rings. The van der Waals surface area contributed by atoms with Crippen molar-refractivity contribution in [2.45, 2.75) is 19.4 Å². The molecule has 2 N–H and O–H groups in total. The summed E-state index contributed by atoms with van der Waals surface area (Å²) >= 11 is 0. The minimum Gasteiger partial charge on any atom is -0.326 e. The summed E-state index contributed by atoms with van der Waals surface area (Å²) in [6, 6.07) is 14.8. The topological polar surface area (TPSA) is 43.1 Å². The van der Waals surface area contributed by atoms with Crippen LogP contribution < -0.4 is 5.73 Å². The van der Waals surface area contributed by atoms with Gasteiger partial charge in [-0.25, -0.2) is 4.39 Å². The summed E-state index contributed by atoms with van der Waals surface area (Å²) in [5.41, 5.74) is 7.57. The van der Waals surface area contributed by atoms with Crippen LogP contribution in [-0.2, 0) is 11.3 Å². The Kier molecular flexibility index (Phi) is 4.07. The molecule has 2 aromatic rings. The lowest BCUT2D eigenvalue weighted by atomic mass is 9.87. The lowest BCUT2D eigenvalue weighted by Gasteiger charge is -2.16. The number of nitrogens with two attached hydrogens (primary N) is 1. The standard InChI is InChI=1S/C16H15FNO/c1-11(19)16(12-5-3-2-4-6-12)13-7-8-15(17)14(9-13)10-18/h3-9,16H,10,18H2,1H3. The first-order valence-electron chi connectivity index (χ1n) is 6.08. The molecule has 0 saturated carbocycles. The monoisotopic (exact) mass is 256 g/mol. The molecule has 0 aliphatic carbocycles. The normalized spacial score (nSPS) is 12.2. The highest BCUT2D eigenvalue weighted by Crippen LogP contribution is 2.27. The third-order valence-electron chi connectivity index (χ3n) is 3.11. The first-order chi connectivity index (χ1) is 9.13. The number of halogens is 1. The van der Waals surface area contributed by atoms with Gasteiger partial charge in [0.25, 0.3) is 0 Å². The van der Waals surface area contributed by atoms with Crippen molar-refractivity contribution in [3.05, 3.63) is 71.0 Å². The molecule has 2 nitrogen and oxygen atoms in total. The van der Waals surface area contributed by atoms with Crippen molar-refractivity contribution in [3.63, 3.8) is 0 Å². The summed E-state index contributed by atoms with van der Waals surface area (Å²) in [6.07, 6.45) is 0. The van der Waals surface area contributed by atoms with Crippen molar-refractivity contribution in [2.24, 2.45) is 5.73 Å². The number of benzene rings is 2. The molecule has 19 heavy (non-hydrogen) atoms. The highest BCUT2D eigenvalue weighted by molar-refractivity contribution is 5.86. The molecule has 0 fully saturated rings. The maximum atomic E-state index is 13.5. The number of carbonyl (C=O) groups excluding carboxylic acids is 1. The second kappa shape index (κ2) is 5.76. The molecule has 97 valence electrons. The highest BCUT2D eigenvalue weighted by Gasteiger charge is 2.19. The van der Waals surface area contributed by atoms with Crippen molar-refractivity contribution < 1.29 is 9.18 Å². The Morgan fingerprint density at radius 1 is 1.26 bits per heavy atom. The fourth-order valence-corrected chi connectivity index (χ4v) is 2.18. The van der Waals surface area contributed by atoms with Gasteiger partial charge in [-0.1, -0.05) is 36.4 Å². The maximum absolute atomic E-state index is 13.5. The number of rotatable bonds is 4. The van der Waals surface area contributed by atoms with Crippen molar-refractivity contribution in [1.82, 2.24) is 0 Å². The lowest BCUT2D eigenvalue weighted by molar-refractivity contribution is -0.117. The van der Waals surface area contributed by atoms with E-state index in [4.69, 9.17) is 5.73 Å². The molecule has 0 aromatic heterocycles. The average molecular weight is 256 g/mol. The molecule has 0 aliphatic heterocycles. The molecule has 0 saturated heterocycles. The van der Waals surface area contributed by atoms with Gasteiger partial charge < -0.3 is 5.73 Å². The van der Waals surface area contributed by atoms with Crippen LogP contribution >= 0.6 is 0 Å². The van der Waals surface area contributed by atoms with Crippen LogP contribution in [0.5, 0.6) is 0 Å². The van der Waals surface area contributed by atoms with Crippen molar-refractivity contribution in [1.29, 1.82) is 0 Å². The Morgan fingerprint density at radius 3 is 2.53 bits per heavy atom. The summed E-state index contributed by atoms with van der Waals surface area (Å²) in [4.78, 5) is 11.9. The van der Waals surface area contributed by atoms with Crippen molar-refractivity contribution >= 4 is 5.78 Å². The molecule has 0 heterocycles. The molecular formula is C16H15FNO. The molecule has 2 aromatic carbocycles. The first kappa shape index (κ1) is 13.4. The zero-order chi connectivity index (χ0) is 13.8. The van der Waals surface area contributed by atoms with Crippen molar-refractivity contribution in [2.75, 3.05) is 0 Å². The van der Waals surface area contributed by atoms with E-state index in [1.807, 2.05) is 12.1 Å². The van der Waals surface area contributed by atoms with Crippen LogP contribution in [0.4, 0.5) is 4.39 Å². The largest absolute Gasteiger partial charge is 0.326 e. The van der Waals surface area contributed by atoms with Gasteiger partial charge in [0.2, 0.25) is 0 Å². The van der Waals surface area contributed by atoms with E-state index in [-0.39, 0.29) is 24.1 Å². The molecular weight excluding hydrogens is 241 g/mol. The minimum atomic E-state index is -0.388. The minimum absolute atomic E-state index is 0.0146. The van der Waals surface area contributed by atoms with Gasteiger partial charge in [-0.15, -0.1) is 0 Å². The summed E-state index contributed by atoms with van der Waals surface area (Å²) in [5.74, 6) is -0.712. The van der Waals surface area contributed by atoms with Crippen LogP contribution in [0.25, 0.3) is 0 Å². The Hall–Kier alpha value is -2.00. The van der Waals surface area contributed by atoms with Crippen LogP contribution in [0.15, 0.2) is 42.5 Å². The number of ketones is 1. The third-order valence-corrected chi connectivity index (χ3v) is 3.11. The third kappa shape index (κ3) is 2.88. The highest BCUT2D eigenvalue weighted by atomic mass is 19.1. The number of Topliss-reactive ketones (excluding diaryl/α,β-unsaturated/α-hetero) is 1. The van der Waals surface area contributed by atoms with Crippen LogP contribution in [0.2, 0.25) is 0 Å². The smallest absolute Gasteiger partial charge is 0.141 e. The van der Waals surface area contributed by atoms with Gasteiger partial charge in [-0.05, 0) is 30.2 Å². The van der Waals surface area contributed by atoms with Crippen LogP contribution in [0.3, 0.4) is 0 Å². The average Bonchev–Trinajstić information content (AvgIpc) is 2.41. The molecule has 0 bridgehead atoms. The molecule has 1 atom stereocenters. The van der Waals surface area contributed by atoms with Crippen LogP contribution in [0.1, 0.15) is 29.5 Å². The Bertz CT molecular complexity index is 581. The van der Waals surface area contributed by atoms with E-state index in [0.29, 0.717) is 5.56 Å². The zero-order valence-electron chi connectivity index (χ0n) is 10.7. The zero-order valence-corrected chi connectivity index (χ0v) is 10.7. The Labute approximate surface area is 112 Å². The second-order valence-electron chi connectivity index (χ2n) is 4.43. The maximum Gasteiger partial charge on any atom is 0.141 e. The van der Waals surface area contributed by atoms with Crippen molar-refractivity contribution in [3.8, 4) is 0 Å². The van der Waals surface area contributed by atoms with E-state index in [1.165, 1.54) is 13.0 Å². The van der Waals surface area contributed by atoms with Gasteiger partial charge in [0.05, 0.1) is 5.92 Å². The second-order valence-corrected chi connectivity index (χ2v) is 4.43. The molecule has 1 radical (unpaired) electrons. The summed E-state index contributed by atoms with van der Waals surface area (Å²) in [7, 11) is 0. The van der Waals surface area contributed by atoms with Gasteiger partial charge in [-0.2, -0.15) is 0 Å². The predicted octanol–water partition coefficient (Wildman–Crippen LogP) is 2.81. The van der Waals surface area contributed by atoms with E-state index < -0.39 is 0 Å². The van der Waals surface area contributed by atoms with E-state index in [2.05, 4.69) is 6.07 Å². The lowest BCUT2D eigenvalue weighted by Crippen LogP contribution is -2.12.